The van der Waals surface area contributed by atoms with Crippen molar-refractivity contribution in [2.24, 2.45) is 0 Å². The van der Waals surface area contributed by atoms with Crippen molar-refractivity contribution in [3.05, 3.63) is 0 Å². The molecule has 0 aromatic carbocycles. The number of rotatable bonds is 1. The van der Waals surface area contributed by atoms with Crippen LogP contribution in [0.25, 0.3) is 0 Å². The Kier molecular flexibility index (Phi) is 85.0. The second kappa shape index (κ2) is 32.9. The third-order valence-corrected chi connectivity index (χ3v) is 0.357. The van der Waals surface area contributed by atoms with Gasteiger partial charge in [0.1, 0.15) is 6.10 Å². The zero-order valence-corrected chi connectivity index (χ0v) is 9.56. The molecule has 0 radical (unpaired) electrons. The third-order valence-electron chi connectivity index (χ3n) is 0.357. The van der Waals surface area contributed by atoms with Gasteiger partial charge < -0.3 is 39.6 Å². The van der Waals surface area contributed by atoms with Gasteiger partial charge in [-0.3, -0.25) is 0 Å². The molecule has 0 aliphatic carbocycles. The summed E-state index contributed by atoms with van der Waals surface area (Å²) in [5.74, 6) is -1.19. The van der Waals surface area contributed by atoms with E-state index < -0.39 is 27.7 Å². The van der Waals surface area contributed by atoms with Gasteiger partial charge in [0, 0.05) is 0 Å². The van der Waals surface area contributed by atoms with Gasteiger partial charge in [-0.25, -0.2) is 13.9 Å². The Labute approximate surface area is 306 Å². The van der Waals surface area contributed by atoms with E-state index in [2.05, 4.69) is 0 Å². The number of carboxylic acids is 1. The van der Waals surface area contributed by atoms with E-state index >= 15 is 0 Å². The van der Waals surface area contributed by atoms with Crippen LogP contribution in [0.3, 0.4) is 0 Å². The quantitative estimate of drug-likeness (QED) is 0.116. The molecule has 1 atom stereocenters. The first-order valence-corrected chi connectivity index (χ1v) is 6.25. The van der Waals surface area contributed by atoms with E-state index in [4.69, 9.17) is 48.7 Å². The minimum absolute atomic E-state index is 0. The van der Waals surface area contributed by atoms with Crippen LogP contribution >= 0.6 is 15.6 Å². The van der Waals surface area contributed by atoms with Crippen LogP contribution in [0.2, 0.25) is 0 Å². The van der Waals surface area contributed by atoms with Gasteiger partial charge in [-0.05, 0) is 6.92 Å². The molecular weight excluding hydrogens is 514 g/mol. The SMILES string of the molecule is CC(O)C(=O)O.O=P(O)(O)O.O=P(O)(O)O.[CaH2].[CaH2].[CaH2].[CaH2].[CaH2].[CaH2]. The Balaban J connectivity index is -0.0000000145. The Hall–Kier alpha value is 7.21. The first-order chi connectivity index (χ1) is 6.64. The molecule has 0 aliphatic rings. The molecule has 0 aliphatic heterocycles. The number of phosphoric acid groups is 2. The van der Waals surface area contributed by atoms with Crippen molar-refractivity contribution < 1.29 is 53.5 Å². The zero-order chi connectivity index (χ0) is 14.2. The molecule has 0 saturated heterocycles. The first kappa shape index (κ1) is 56.9. The molecule has 0 rings (SSSR count). The third kappa shape index (κ3) is 149. The maximum atomic E-state index is 9.45. The van der Waals surface area contributed by atoms with Crippen LogP contribution in [-0.4, -0.2) is 278 Å². The summed E-state index contributed by atoms with van der Waals surface area (Å²) in [6.45, 7) is 1.20. The molecule has 124 valence electrons. The fraction of sp³-hybridized carbons (Fsp3) is 0.667. The fourth-order valence-electron chi connectivity index (χ4n) is 0. The molecule has 11 nitrogen and oxygen atoms in total. The average Bonchev–Trinajstić information content (AvgIpc) is 1.77. The molecule has 0 heterocycles. The molecular formula is C3H24Ca6O11P2. The molecule has 19 heteroatoms. The first-order valence-electron chi connectivity index (χ1n) is 3.12. The van der Waals surface area contributed by atoms with Crippen molar-refractivity contribution in [1.82, 2.24) is 0 Å². The van der Waals surface area contributed by atoms with Gasteiger partial charge >= 0.3 is 248 Å². The molecule has 0 saturated carbocycles. The van der Waals surface area contributed by atoms with Crippen LogP contribution in [0.5, 0.6) is 0 Å². The van der Waals surface area contributed by atoms with E-state index in [1.54, 1.807) is 0 Å². The van der Waals surface area contributed by atoms with Gasteiger partial charge in [0.2, 0.25) is 0 Å². The second-order valence-corrected chi connectivity index (χ2v) is 4.09. The van der Waals surface area contributed by atoms with E-state index in [1.165, 1.54) is 6.92 Å². The Morgan fingerprint density at radius 1 is 0.727 bits per heavy atom. The number of hydrogen-bond donors (Lipinski definition) is 8. The minimum atomic E-state index is -4.64. The van der Waals surface area contributed by atoms with Crippen LogP contribution < -0.4 is 0 Å². The standard InChI is InChI=1S/C3H6O3.6Ca.2H3O4P.12H/c1-2(4)3(5)6;;;;;;;2*1-5(2,3)4;;;;;;;;;;;;/h2,4H,1H3,(H,5,6);;;;;;;2*(H3,1,2,3,4);;;;;;;;;;;;. The summed E-state index contributed by atoms with van der Waals surface area (Å²) in [6, 6.07) is 0. The van der Waals surface area contributed by atoms with E-state index in [-0.39, 0.29) is 226 Å². The van der Waals surface area contributed by atoms with Crippen molar-refractivity contribution in [3.63, 3.8) is 0 Å². The van der Waals surface area contributed by atoms with E-state index in [0.717, 1.165) is 0 Å². The summed E-state index contributed by atoms with van der Waals surface area (Å²) in [4.78, 5) is 52.6. The summed E-state index contributed by atoms with van der Waals surface area (Å²) < 4.78 is 17.8. The normalized spacial score (nSPS) is 9.09. The summed E-state index contributed by atoms with van der Waals surface area (Å²) >= 11 is 0. The number of hydrogen-bond acceptors (Lipinski definition) is 4. The maximum absolute atomic E-state index is 9.45. The predicted molar refractivity (Wildman–Crippen MR) is 99.1 cm³/mol. The average molecular weight is 539 g/mol. The molecule has 0 fully saturated rings. The Bertz CT molecular complexity index is 253. The molecule has 0 aromatic rings. The molecule has 22 heavy (non-hydrogen) atoms. The van der Waals surface area contributed by atoms with E-state index in [1.807, 2.05) is 0 Å². The molecule has 0 aromatic heterocycles. The predicted octanol–water partition coefficient (Wildman–Crippen LogP) is -7.90. The molecule has 1 unspecified atom stereocenters. The summed E-state index contributed by atoms with van der Waals surface area (Å²) in [6.07, 6.45) is -1.23. The fourth-order valence-corrected chi connectivity index (χ4v) is 0. The monoisotopic (exact) mass is 538 g/mol. The van der Waals surface area contributed by atoms with Crippen molar-refractivity contribution >= 4 is 248 Å². The number of aliphatic carboxylic acids is 1. The molecule has 0 bridgehead atoms. The van der Waals surface area contributed by atoms with E-state index in [9.17, 15) is 4.79 Å². The van der Waals surface area contributed by atoms with Gasteiger partial charge in [0.25, 0.3) is 0 Å². The topological polar surface area (TPSA) is 213 Å². The van der Waals surface area contributed by atoms with Crippen molar-refractivity contribution in [1.29, 1.82) is 0 Å². The van der Waals surface area contributed by atoms with Gasteiger partial charge in [-0.1, -0.05) is 0 Å². The number of aliphatic hydroxyl groups excluding tert-OH is 1. The molecule has 8 N–H and O–H groups in total. The molecule has 0 amide bonds. The van der Waals surface area contributed by atoms with Crippen LogP contribution in [0.1, 0.15) is 6.92 Å². The van der Waals surface area contributed by atoms with Gasteiger partial charge in [0.15, 0.2) is 0 Å². The Morgan fingerprint density at radius 3 is 0.773 bits per heavy atom. The summed E-state index contributed by atoms with van der Waals surface area (Å²) in [7, 11) is -9.28. The van der Waals surface area contributed by atoms with Crippen LogP contribution in [0.15, 0.2) is 0 Å². The number of aliphatic hydroxyl groups is 1. The summed E-state index contributed by atoms with van der Waals surface area (Å²) in [5, 5.41) is 15.8. The number of carbonyl (C=O) groups is 1. The molecule has 0 spiro atoms. The van der Waals surface area contributed by atoms with E-state index in [0.29, 0.717) is 0 Å². The Morgan fingerprint density at radius 2 is 0.773 bits per heavy atom. The van der Waals surface area contributed by atoms with Crippen LogP contribution in [0.4, 0.5) is 0 Å². The number of carboxylic acid groups (broad SMARTS) is 1. The second-order valence-electron chi connectivity index (χ2n) is 2.04. The van der Waals surface area contributed by atoms with Gasteiger partial charge in [0.05, 0.1) is 0 Å². The van der Waals surface area contributed by atoms with Crippen molar-refractivity contribution in [3.8, 4) is 0 Å². The van der Waals surface area contributed by atoms with Gasteiger partial charge in [-0.15, -0.1) is 0 Å². The van der Waals surface area contributed by atoms with Crippen molar-refractivity contribution in [2.45, 2.75) is 13.0 Å². The van der Waals surface area contributed by atoms with Gasteiger partial charge in [-0.2, -0.15) is 0 Å². The zero-order valence-electron chi connectivity index (χ0n) is 7.77. The summed E-state index contributed by atoms with van der Waals surface area (Å²) in [5.41, 5.74) is 0. The van der Waals surface area contributed by atoms with Crippen LogP contribution in [0, 0.1) is 0 Å². The van der Waals surface area contributed by atoms with Crippen LogP contribution in [-0.2, 0) is 13.9 Å². The van der Waals surface area contributed by atoms with Crippen molar-refractivity contribution in [2.75, 3.05) is 0 Å².